The van der Waals surface area contributed by atoms with E-state index in [2.05, 4.69) is 20.7 Å². The van der Waals surface area contributed by atoms with Crippen molar-refractivity contribution in [1.29, 1.82) is 0 Å². The fraction of sp³-hybridized carbons (Fsp3) is 0. The lowest BCUT2D eigenvalue weighted by Crippen LogP contribution is -2.12. The highest BCUT2D eigenvalue weighted by molar-refractivity contribution is 9.11. The van der Waals surface area contributed by atoms with Crippen molar-refractivity contribution in [2.24, 2.45) is 0 Å². The van der Waals surface area contributed by atoms with Gasteiger partial charge in [0.25, 0.3) is 10.0 Å². The monoisotopic (exact) mass is 453 g/mol. The molecule has 0 spiro atoms. The van der Waals surface area contributed by atoms with Crippen molar-refractivity contribution in [3.05, 3.63) is 42.1 Å². The number of hydrogen-bond acceptors (Lipinski definition) is 3. The van der Waals surface area contributed by atoms with Gasteiger partial charge in [0.2, 0.25) is 0 Å². The zero-order valence-corrected chi connectivity index (χ0v) is 15.5. The number of rotatable bonds is 3. The van der Waals surface area contributed by atoms with Crippen LogP contribution in [-0.4, -0.2) is 8.42 Å². The summed E-state index contributed by atoms with van der Waals surface area (Å²) in [7, 11) is -3.83. The van der Waals surface area contributed by atoms with Crippen LogP contribution < -0.4 is 4.72 Å². The van der Waals surface area contributed by atoms with Gasteiger partial charge in [0.05, 0.1) is 24.5 Å². The minimum absolute atomic E-state index is 0.0384. The van der Waals surface area contributed by atoms with E-state index in [9.17, 15) is 8.42 Å². The van der Waals surface area contributed by atoms with Gasteiger partial charge in [-0.1, -0.05) is 46.4 Å². The SMILES string of the molecule is O=S(=O)(Nc1c(Cl)cc(Cl)cc1Cl)c1cc(Cl)c(Br)s1. The first kappa shape index (κ1) is 16.7. The summed E-state index contributed by atoms with van der Waals surface area (Å²) in [6.07, 6.45) is 0. The van der Waals surface area contributed by atoms with Crippen LogP contribution in [0.2, 0.25) is 20.1 Å². The van der Waals surface area contributed by atoms with Crippen LogP contribution in [0, 0.1) is 0 Å². The molecule has 0 aliphatic heterocycles. The molecule has 1 aromatic heterocycles. The molecule has 108 valence electrons. The molecule has 20 heavy (non-hydrogen) atoms. The Kier molecular flexibility index (Phi) is 5.17. The zero-order valence-electron chi connectivity index (χ0n) is 9.25. The fourth-order valence-electron chi connectivity index (χ4n) is 1.28. The molecular formula is C10H4BrCl4NO2S2. The van der Waals surface area contributed by atoms with Gasteiger partial charge in [-0.2, -0.15) is 0 Å². The molecule has 0 saturated heterocycles. The van der Waals surface area contributed by atoms with Crippen LogP contribution in [0.5, 0.6) is 0 Å². The minimum atomic E-state index is -3.83. The Hall–Kier alpha value is 0.310. The van der Waals surface area contributed by atoms with E-state index in [1.54, 1.807) is 0 Å². The number of nitrogens with one attached hydrogen (secondary N) is 1. The van der Waals surface area contributed by atoms with Crippen LogP contribution in [0.4, 0.5) is 5.69 Å². The number of halogens is 5. The molecule has 0 bridgehead atoms. The second kappa shape index (κ2) is 6.20. The molecule has 2 rings (SSSR count). The van der Waals surface area contributed by atoms with E-state index in [1.165, 1.54) is 18.2 Å². The molecule has 10 heteroatoms. The number of anilines is 1. The van der Waals surface area contributed by atoms with Gasteiger partial charge in [0, 0.05) is 5.02 Å². The van der Waals surface area contributed by atoms with Crippen molar-refractivity contribution >= 4 is 89.4 Å². The number of benzene rings is 1. The first-order chi connectivity index (χ1) is 9.20. The standard InChI is InChI=1S/C10H4BrCl4NO2S2/c11-10-7(15)3-8(19-10)20(17,18)16-9-5(13)1-4(12)2-6(9)14/h1-3,16H. The van der Waals surface area contributed by atoms with E-state index in [1.807, 2.05) is 0 Å². The van der Waals surface area contributed by atoms with Crippen molar-refractivity contribution < 1.29 is 8.42 Å². The van der Waals surface area contributed by atoms with Crippen molar-refractivity contribution in [1.82, 2.24) is 0 Å². The predicted octanol–water partition coefficient (Wildman–Crippen LogP) is 5.93. The van der Waals surface area contributed by atoms with Gasteiger partial charge in [-0.3, -0.25) is 4.72 Å². The topological polar surface area (TPSA) is 46.2 Å². The Balaban J connectivity index is 2.43. The van der Waals surface area contributed by atoms with Crippen molar-refractivity contribution in [3.8, 4) is 0 Å². The Labute approximate surface area is 148 Å². The van der Waals surface area contributed by atoms with E-state index in [4.69, 9.17) is 46.4 Å². The van der Waals surface area contributed by atoms with Crippen molar-refractivity contribution in [2.45, 2.75) is 4.21 Å². The lowest BCUT2D eigenvalue weighted by molar-refractivity contribution is 0.603. The van der Waals surface area contributed by atoms with E-state index in [0.29, 0.717) is 13.8 Å². The summed E-state index contributed by atoms with van der Waals surface area (Å²) in [4.78, 5) is 0. The van der Waals surface area contributed by atoms with Crippen LogP contribution >= 0.6 is 73.7 Å². The highest BCUT2D eigenvalue weighted by Crippen LogP contribution is 2.38. The van der Waals surface area contributed by atoms with Crippen LogP contribution in [0.1, 0.15) is 0 Å². The molecular weight excluding hydrogens is 452 g/mol. The summed E-state index contributed by atoms with van der Waals surface area (Å²) in [5.74, 6) is 0. The molecule has 0 fully saturated rings. The third-order valence-corrected chi connectivity index (χ3v) is 7.24. The quantitative estimate of drug-likeness (QED) is 0.623. The smallest absolute Gasteiger partial charge is 0.271 e. The van der Waals surface area contributed by atoms with Gasteiger partial charge in [-0.15, -0.1) is 11.3 Å². The average molecular weight is 456 g/mol. The molecule has 1 N–H and O–H groups in total. The highest BCUT2D eigenvalue weighted by atomic mass is 79.9. The van der Waals surface area contributed by atoms with E-state index >= 15 is 0 Å². The summed E-state index contributed by atoms with van der Waals surface area (Å²) in [6, 6.07) is 4.12. The van der Waals surface area contributed by atoms with Gasteiger partial charge < -0.3 is 0 Å². The summed E-state index contributed by atoms with van der Waals surface area (Å²) in [5, 5.41) is 0.828. The second-order valence-electron chi connectivity index (χ2n) is 3.54. The molecule has 0 aliphatic carbocycles. The van der Waals surface area contributed by atoms with Crippen molar-refractivity contribution in [2.75, 3.05) is 4.72 Å². The molecule has 0 amide bonds. The maximum Gasteiger partial charge on any atom is 0.271 e. The van der Waals surface area contributed by atoms with Gasteiger partial charge in [-0.25, -0.2) is 8.42 Å². The van der Waals surface area contributed by atoms with E-state index < -0.39 is 10.0 Å². The van der Waals surface area contributed by atoms with Gasteiger partial charge >= 0.3 is 0 Å². The van der Waals surface area contributed by atoms with Crippen LogP contribution in [0.3, 0.4) is 0 Å². The third-order valence-electron chi connectivity index (χ3n) is 2.13. The summed E-state index contributed by atoms with van der Waals surface area (Å²) >= 11 is 27.6. The highest BCUT2D eigenvalue weighted by Gasteiger charge is 2.21. The molecule has 0 saturated carbocycles. The molecule has 2 aromatic rings. The Morgan fingerprint density at radius 1 is 1.00 bits per heavy atom. The van der Waals surface area contributed by atoms with Crippen LogP contribution in [0.15, 0.2) is 26.2 Å². The summed E-state index contributed by atoms with van der Waals surface area (Å²) < 4.78 is 27.3. The first-order valence-corrected chi connectivity index (χ1v) is 9.43. The normalized spacial score (nSPS) is 11.7. The third kappa shape index (κ3) is 3.55. The van der Waals surface area contributed by atoms with Gasteiger partial charge in [0.1, 0.15) is 4.21 Å². The fourth-order valence-corrected chi connectivity index (χ4v) is 5.81. The number of thiophene rings is 1. The maximum atomic E-state index is 12.2. The second-order valence-corrected chi connectivity index (χ2v) is 9.47. The Morgan fingerprint density at radius 3 is 2.00 bits per heavy atom. The average Bonchev–Trinajstić information content (AvgIpc) is 2.65. The molecule has 0 aliphatic rings. The molecule has 1 aromatic carbocycles. The van der Waals surface area contributed by atoms with E-state index in [0.717, 1.165) is 11.3 Å². The summed E-state index contributed by atoms with van der Waals surface area (Å²) in [6.45, 7) is 0. The molecule has 0 radical (unpaired) electrons. The number of sulfonamides is 1. The molecule has 1 heterocycles. The lowest BCUT2D eigenvalue weighted by atomic mass is 10.3. The molecule has 3 nitrogen and oxygen atoms in total. The van der Waals surface area contributed by atoms with Crippen LogP contribution in [-0.2, 0) is 10.0 Å². The molecule has 0 atom stereocenters. The maximum absolute atomic E-state index is 12.2. The largest absolute Gasteiger partial charge is 0.276 e. The summed E-state index contributed by atoms with van der Waals surface area (Å²) in [5.41, 5.74) is 0.0679. The van der Waals surface area contributed by atoms with E-state index in [-0.39, 0.29) is 19.9 Å². The van der Waals surface area contributed by atoms with Crippen LogP contribution in [0.25, 0.3) is 0 Å². The lowest BCUT2D eigenvalue weighted by Gasteiger charge is -2.10. The predicted molar refractivity (Wildman–Crippen MR) is 89.3 cm³/mol. The van der Waals surface area contributed by atoms with Gasteiger partial charge in [0.15, 0.2) is 0 Å². The van der Waals surface area contributed by atoms with Gasteiger partial charge in [-0.05, 0) is 34.1 Å². The first-order valence-electron chi connectivity index (χ1n) is 4.83. The molecule has 0 unspecified atom stereocenters. The minimum Gasteiger partial charge on any atom is -0.276 e. The Bertz CT molecular complexity index is 733. The Morgan fingerprint density at radius 2 is 1.55 bits per heavy atom. The van der Waals surface area contributed by atoms with Crippen molar-refractivity contribution in [3.63, 3.8) is 0 Å². The number of hydrogen-bond donors (Lipinski definition) is 1. The zero-order chi connectivity index (χ0) is 15.1.